The molecule has 0 radical (unpaired) electrons. The van der Waals surface area contributed by atoms with Crippen LogP contribution in [0.25, 0.3) is 5.69 Å². The Morgan fingerprint density at radius 2 is 1.91 bits per heavy atom. The van der Waals surface area contributed by atoms with E-state index in [2.05, 4.69) is 4.98 Å². The summed E-state index contributed by atoms with van der Waals surface area (Å²) < 4.78 is 24.6. The molecule has 3 rings (SSSR count). The van der Waals surface area contributed by atoms with Crippen LogP contribution in [0.4, 0.5) is 5.69 Å². The largest absolute Gasteiger partial charge is 0.494 e. The quantitative estimate of drug-likeness (QED) is 0.213. The molecule has 2 aromatic carbocycles. The van der Waals surface area contributed by atoms with Gasteiger partial charge in [-0.1, -0.05) is 17.7 Å². The first-order valence-electron chi connectivity index (χ1n) is 9.21. The van der Waals surface area contributed by atoms with E-state index >= 15 is 0 Å². The topological polar surface area (TPSA) is 152 Å². The van der Waals surface area contributed by atoms with Crippen molar-refractivity contribution >= 4 is 45.6 Å². The third-order valence-electron chi connectivity index (χ3n) is 4.88. The second-order valence-electron chi connectivity index (χ2n) is 7.07. The lowest BCUT2D eigenvalue weighted by molar-refractivity contribution is -0.385. The summed E-state index contributed by atoms with van der Waals surface area (Å²) in [6.07, 6.45) is 0.870. The lowest BCUT2D eigenvalue weighted by Gasteiger charge is -2.16. The molecular weight excluding hydrogens is 494 g/mol. The molecule has 3 aromatic rings. The van der Waals surface area contributed by atoms with E-state index in [9.17, 15) is 33.2 Å². The summed E-state index contributed by atoms with van der Waals surface area (Å²) in [5.74, 6) is -1.78. The summed E-state index contributed by atoms with van der Waals surface area (Å²) in [7, 11) is -3.74. The average molecular weight is 510 g/mol. The van der Waals surface area contributed by atoms with Crippen LogP contribution >= 0.6 is 23.8 Å². The van der Waals surface area contributed by atoms with Crippen LogP contribution in [0, 0.1) is 14.9 Å². The smallest absolute Gasteiger partial charge is 0.274 e. The van der Waals surface area contributed by atoms with Gasteiger partial charge < -0.3 is 9.90 Å². The van der Waals surface area contributed by atoms with Gasteiger partial charge in [-0.3, -0.25) is 24.5 Å². The molecule has 1 aromatic heterocycles. The number of rotatable bonds is 7. The number of aromatic hydroxyl groups is 1. The van der Waals surface area contributed by atoms with Gasteiger partial charge in [-0.15, -0.1) is 0 Å². The number of aldehydes is 1. The fourth-order valence-corrected chi connectivity index (χ4v) is 4.30. The van der Waals surface area contributed by atoms with Gasteiger partial charge in [0.05, 0.1) is 27.0 Å². The first-order valence-corrected chi connectivity index (χ1v) is 11.9. The molecule has 0 aliphatic rings. The number of hydrogen-bond acceptors (Lipinski definition) is 8. The maximum absolute atomic E-state index is 12.5. The van der Waals surface area contributed by atoms with E-state index in [1.807, 2.05) is 0 Å². The maximum atomic E-state index is 12.5. The minimum absolute atomic E-state index is 0.110. The number of H-pyrrole nitrogens is 1. The second-order valence-corrected chi connectivity index (χ2v) is 9.91. The first-order chi connectivity index (χ1) is 15.4. The molecule has 1 atom stereocenters. The van der Waals surface area contributed by atoms with Gasteiger partial charge >= 0.3 is 0 Å². The first kappa shape index (κ1) is 24.3. The van der Waals surface area contributed by atoms with Crippen molar-refractivity contribution in [3.05, 3.63) is 83.9 Å². The number of carbonyl (C=O) groups excluding carboxylic acids is 1. The number of nitrogens with zero attached hydrogens (tertiary/aromatic N) is 2. The number of halogens is 1. The summed E-state index contributed by atoms with van der Waals surface area (Å²) >= 11 is 11.0. The van der Waals surface area contributed by atoms with Crippen molar-refractivity contribution < 1.29 is 23.2 Å². The Bertz CT molecular complexity index is 1480. The number of nitro groups is 1. The molecule has 0 saturated carbocycles. The Balaban J connectivity index is 2.14. The third-order valence-corrected chi connectivity index (χ3v) is 6.53. The molecule has 10 nitrogen and oxygen atoms in total. The second kappa shape index (κ2) is 9.25. The Morgan fingerprint density at radius 1 is 1.27 bits per heavy atom. The number of aromatic amines is 1. The van der Waals surface area contributed by atoms with Crippen molar-refractivity contribution in [3.63, 3.8) is 0 Å². The highest BCUT2D eigenvalue weighted by Crippen LogP contribution is 2.32. The standard InChI is InChI=1S/C20H16ClN3O7S2/c1-33(30,31)14-6-7-15(17(9-14)24(28)29)11(10-25)8-16-18(26)22-20(32)23(19(16)27)13-4-2-12(21)3-5-13/h2-7,9-11,27H,8H2,1H3,(H,22,26,32). The number of aromatic nitrogens is 2. The van der Waals surface area contributed by atoms with E-state index in [0.717, 1.165) is 29.0 Å². The van der Waals surface area contributed by atoms with Gasteiger partial charge in [-0.2, -0.15) is 0 Å². The molecule has 0 spiro atoms. The van der Waals surface area contributed by atoms with Crippen LogP contribution in [0.2, 0.25) is 5.02 Å². The van der Waals surface area contributed by atoms with E-state index in [-0.39, 0.29) is 20.8 Å². The van der Waals surface area contributed by atoms with Crippen LogP contribution in [0.15, 0.2) is 52.2 Å². The zero-order valence-electron chi connectivity index (χ0n) is 16.9. The van der Waals surface area contributed by atoms with Gasteiger partial charge in [0.15, 0.2) is 14.6 Å². The van der Waals surface area contributed by atoms with E-state index in [0.29, 0.717) is 17.0 Å². The lowest BCUT2D eigenvalue weighted by Crippen LogP contribution is -2.21. The molecule has 1 heterocycles. The number of nitro benzene ring substituents is 1. The molecule has 0 fully saturated rings. The fourth-order valence-electron chi connectivity index (χ4n) is 3.25. The summed E-state index contributed by atoms with van der Waals surface area (Å²) in [4.78, 5) is 37.3. The molecule has 13 heteroatoms. The third kappa shape index (κ3) is 5.02. The molecule has 2 N–H and O–H groups in total. The van der Waals surface area contributed by atoms with E-state index in [1.54, 1.807) is 24.3 Å². The van der Waals surface area contributed by atoms with Gasteiger partial charge in [0, 0.05) is 22.9 Å². The highest BCUT2D eigenvalue weighted by Gasteiger charge is 2.27. The molecule has 0 saturated heterocycles. The number of sulfone groups is 1. The van der Waals surface area contributed by atoms with Gasteiger partial charge in [0.1, 0.15) is 6.29 Å². The number of nitrogens with one attached hydrogen (secondary N) is 1. The van der Waals surface area contributed by atoms with E-state index < -0.39 is 44.2 Å². The van der Waals surface area contributed by atoms with Crippen LogP contribution in [0.3, 0.4) is 0 Å². The highest BCUT2D eigenvalue weighted by atomic mass is 35.5. The predicted octanol–water partition coefficient (Wildman–Crippen LogP) is 3.09. The highest BCUT2D eigenvalue weighted by molar-refractivity contribution is 7.90. The van der Waals surface area contributed by atoms with Crippen LogP contribution < -0.4 is 5.56 Å². The molecule has 172 valence electrons. The Morgan fingerprint density at radius 3 is 2.45 bits per heavy atom. The SMILES string of the molecule is CS(=O)(=O)c1ccc(C(C=O)Cc2c(O)n(-c3ccc(Cl)cc3)c(=S)[nH]c2=O)c([N+](=O)[O-])c1. The van der Waals surface area contributed by atoms with Crippen molar-refractivity contribution in [2.24, 2.45) is 0 Å². The predicted molar refractivity (Wildman–Crippen MR) is 123 cm³/mol. The van der Waals surface area contributed by atoms with Crippen LogP contribution in [0.5, 0.6) is 5.88 Å². The number of carbonyl (C=O) groups is 1. The Hall–Kier alpha value is -3.35. The van der Waals surface area contributed by atoms with Gasteiger partial charge in [0.2, 0.25) is 5.88 Å². The van der Waals surface area contributed by atoms with Crippen molar-refractivity contribution in [1.29, 1.82) is 0 Å². The minimum Gasteiger partial charge on any atom is -0.494 e. The van der Waals surface area contributed by atoms with Gasteiger partial charge in [0.25, 0.3) is 11.2 Å². The normalized spacial score (nSPS) is 12.3. The van der Waals surface area contributed by atoms with Gasteiger partial charge in [-0.05, 0) is 49.0 Å². The molecule has 0 aliphatic carbocycles. The molecule has 33 heavy (non-hydrogen) atoms. The molecule has 0 bridgehead atoms. The zero-order chi connectivity index (χ0) is 24.5. The molecule has 1 unspecified atom stereocenters. The summed E-state index contributed by atoms with van der Waals surface area (Å²) in [6.45, 7) is 0. The van der Waals surface area contributed by atoms with Gasteiger partial charge in [-0.25, -0.2) is 8.42 Å². The van der Waals surface area contributed by atoms with E-state index in [4.69, 9.17) is 23.8 Å². The van der Waals surface area contributed by atoms with Crippen molar-refractivity contribution in [2.45, 2.75) is 17.2 Å². The van der Waals surface area contributed by atoms with Crippen molar-refractivity contribution in [2.75, 3.05) is 6.26 Å². The summed E-state index contributed by atoms with van der Waals surface area (Å²) in [5, 5.41) is 22.8. The minimum atomic E-state index is -3.74. The van der Waals surface area contributed by atoms with Crippen LogP contribution in [-0.4, -0.2) is 40.5 Å². The number of hydrogen-bond donors (Lipinski definition) is 2. The summed E-state index contributed by atoms with van der Waals surface area (Å²) in [6, 6.07) is 9.32. The monoisotopic (exact) mass is 509 g/mol. The maximum Gasteiger partial charge on any atom is 0.274 e. The molecular formula is C20H16ClN3O7S2. The lowest BCUT2D eigenvalue weighted by atomic mass is 9.92. The Labute approximate surface area is 197 Å². The van der Waals surface area contributed by atoms with Crippen molar-refractivity contribution in [1.82, 2.24) is 9.55 Å². The molecule has 0 amide bonds. The van der Waals surface area contributed by atoms with Crippen molar-refractivity contribution in [3.8, 4) is 11.6 Å². The van der Waals surface area contributed by atoms with Crippen LogP contribution in [0.1, 0.15) is 17.0 Å². The van der Waals surface area contributed by atoms with Crippen LogP contribution in [-0.2, 0) is 21.1 Å². The summed E-state index contributed by atoms with van der Waals surface area (Å²) in [5.41, 5.74) is -1.34. The zero-order valence-corrected chi connectivity index (χ0v) is 19.3. The fraction of sp³-hybridized carbons (Fsp3) is 0.150. The van der Waals surface area contributed by atoms with E-state index in [1.165, 1.54) is 0 Å². The Kier molecular flexibility index (Phi) is 6.81. The number of benzene rings is 2. The average Bonchev–Trinajstić information content (AvgIpc) is 2.74. The molecule has 0 aliphatic heterocycles.